The van der Waals surface area contributed by atoms with Crippen molar-refractivity contribution in [1.82, 2.24) is 31.1 Å². The van der Waals surface area contributed by atoms with Gasteiger partial charge in [-0.05, 0) is 35.6 Å². The average Bonchev–Trinajstić information content (AvgIpc) is 2.04. The topological polar surface area (TPSA) is 572 Å². The molecule has 0 spiro atoms. The van der Waals surface area contributed by atoms with Crippen molar-refractivity contribution in [2.24, 2.45) is 27.2 Å². The molecule has 24 N–H and O–H groups in total. The summed E-state index contributed by atoms with van der Waals surface area (Å²) in [5.74, 6) is -7.57. The molecule has 0 radical (unpaired) electrons. The van der Waals surface area contributed by atoms with Gasteiger partial charge in [0.25, 0.3) is 5.91 Å². The van der Waals surface area contributed by atoms with Crippen LogP contribution in [-0.2, 0) is 49.3 Å². The Kier molecular flexibility index (Phi) is 21.5. The average molecular weight is 1240 g/mol. The number of thiophene rings is 1. The maximum atomic E-state index is 15.2. The monoisotopic (exact) mass is 1240 g/mol. The fourth-order valence-electron chi connectivity index (χ4n) is 10.8. The van der Waals surface area contributed by atoms with Crippen LogP contribution in [0.15, 0.2) is 45.7 Å². The van der Waals surface area contributed by atoms with E-state index in [0.29, 0.717) is 9.78 Å². The number of nitrogens with zero attached hydrogens (tertiary/aromatic N) is 4. The molecule has 1 aromatic carbocycles. The third kappa shape index (κ3) is 13.4. The second kappa shape index (κ2) is 28.0. The number of rotatable bonds is 18. The molecule has 86 heavy (non-hydrogen) atoms. The fourth-order valence-corrected chi connectivity index (χ4v) is 11.5. The first-order valence-electron chi connectivity index (χ1n) is 27.3. The quantitative estimate of drug-likeness (QED) is 0.0659. The molecule has 8 rings (SSSR count). The second-order valence-electron chi connectivity index (χ2n) is 21.3. The number of carbonyl (C=O) groups excluding carboxylic acids is 5. The highest BCUT2D eigenvalue weighted by Gasteiger charge is 2.55. The molecular formula is C50H73N11O24S. The minimum Gasteiger partial charge on any atom is -0.461 e. The number of aliphatic imine (C=N–C) groups is 2. The lowest BCUT2D eigenvalue weighted by Crippen LogP contribution is -2.71. The number of guanidine groups is 2. The molecule has 6 aliphatic rings. The van der Waals surface area contributed by atoms with E-state index in [-0.39, 0.29) is 35.8 Å². The molecule has 5 amide bonds. The lowest BCUT2D eigenvalue weighted by molar-refractivity contribution is -0.352. The van der Waals surface area contributed by atoms with Crippen molar-refractivity contribution >= 4 is 52.8 Å². The summed E-state index contributed by atoms with van der Waals surface area (Å²) in [6.07, 6.45) is -32.1. The molecule has 24 atom stereocenters. The third-order valence-corrected chi connectivity index (χ3v) is 16.7. The zero-order chi connectivity index (χ0) is 62.7. The molecule has 0 aliphatic carbocycles. The molecule has 4 fully saturated rings. The molecular weight excluding hydrogens is 1170 g/mol. The van der Waals surface area contributed by atoms with E-state index in [0.717, 1.165) is 16.2 Å². The first kappa shape index (κ1) is 66.0. The van der Waals surface area contributed by atoms with Gasteiger partial charge in [0.05, 0.1) is 57.6 Å². The number of aliphatic hydroxyl groups is 14. The molecule has 4 saturated heterocycles. The number of ether oxygens (including phenoxy) is 5. The van der Waals surface area contributed by atoms with Crippen molar-refractivity contribution in [3.05, 3.63) is 41.3 Å². The Balaban J connectivity index is 1.13. The van der Waals surface area contributed by atoms with Crippen molar-refractivity contribution in [2.45, 2.75) is 166 Å². The number of carbonyl (C=O) groups is 5. The molecule has 6 aliphatic heterocycles. The maximum Gasteiger partial charge on any atom is 0.254 e. The highest BCUT2D eigenvalue weighted by atomic mass is 32.1. The van der Waals surface area contributed by atoms with Crippen LogP contribution < -0.4 is 43.2 Å². The molecule has 478 valence electrons. The van der Waals surface area contributed by atoms with Crippen LogP contribution in [0.3, 0.4) is 0 Å². The number of nitrogens with one attached hydrogen (secondary N) is 4. The Morgan fingerprint density at radius 1 is 0.721 bits per heavy atom. The van der Waals surface area contributed by atoms with E-state index in [1.807, 2.05) is 0 Å². The van der Waals surface area contributed by atoms with Gasteiger partial charge in [-0.15, -0.1) is 11.3 Å². The number of amides is 5. The summed E-state index contributed by atoms with van der Waals surface area (Å²) in [6.45, 7) is -3.25. The Morgan fingerprint density at radius 2 is 1.34 bits per heavy atom. The van der Waals surface area contributed by atoms with E-state index in [1.165, 1.54) is 25.1 Å². The van der Waals surface area contributed by atoms with Gasteiger partial charge >= 0.3 is 0 Å². The van der Waals surface area contributed by atoms with Gasteiger partial charge in [0, 0.05) is 16.9 Å². The van der Waals surface area contributed by atoms with Crippen LogP contribution in [0.5, 0.6) is 5.75 Å². The van der Waals surface area contributed by atoms with Crippen molar-refractivity contribution in [3.8, 4) is 16.2 Å². The van der Waals surface area contributed by atoms with E-state index in [1.54, 1.807) is 17.5 Å². The van der Waals surface area contributed by atoms with Crippen molar-refractivity contribution < 1.29 is 119 Å². The molecule has 7 heterocycles. The van der Waals surface area contributed by atoms with E-state index in [4.69, 9.17) is 40.9 Å². The number of hydrogen-bond donors (Lipinski definition) is 21. The van der Waals surface area contributed by atoms with Gasteiger partial charge in [-0.1, -0.05) is 19.1 Å². The molecule has 1 aromatic heterocycles. The van der Waals surface area contributed by atoms with Gasteiger partial charge in [0.15, 0.2) is 24.4 Å². The van der Waals surface area contributed by atoms with Gasteiger partial charge in [0.1, 0.15) is 115 Å². The van der Waals surface area contributed by atoms with E-state index >= 15 is 9.59 Å². The lowest BCUT2D eigenvalue weighted by Gasteiger charge is -2.46. The first-order valence-corrected chi connectivity index (χ1v) is 28.1. The standard InChI is InChI=1S/C50H73N11O24S/c1-2-18(51)44(79)60-21(9-16-5-6-23(17(8-16)27-4-3-7-86-27)82-47-39(75)36(72)40(26(15-65)84-47)85-48-38(74)35(71)33(69)25(14-64)83-48)41(76)58-28(30(66)19-10-54-49(52)57-19)43(78)59-29(42(77)56-20(12-62)45(60)80)31(67)22-11-55-50(53)61(22)46-37(73)34(70)32(68)24(13-63)81-46/h3-8,18-22,24-26,28-40,46-48,62-75H,2,9-15,51H2,1H3,(H2,53,55)(H,56,77)(H,58,76)(H,59,78)(H3,52,54,57)/t18?,19?,20-,21-,22?,24+,25+,26+,28-,29+,30?,31?,32+,33+,34-,35-,36+,37-,38-,39-,40+,46-,47-,48+/m0/s1. The van der Waals surface area contributed by atoms with Crippen molar-refractivity contribution in [3.63, 3.8) is 0 Å². The fraction of sp³-hybridized carbons (Fsp3) is 0.660. The molecule has 5 unspecified atom stereocenters. The minimum absolute atomic E-state index is 0.0778. The Morgan fingerprint density at radius 3 is 1.95 bits per heavy atom. The van der Waals surface area contributed by atoms with Crippen molar-refractivity contribution in [2.75, 3.05) is 39.5 Å². The molecule has 0 bridgehead atoms. The SMILES string of the molecule is CCC(N)C(=O)N1C(=O)[C@H](CO)NC(=O)[C@@H](C(O)C2CN=C(N)N2[C@H]2O[C@H](CO)[C@@H](O)[C@H](O)[C@@H]2O)NC(=O)[C@H](C(O)C2CN=C(N)N2)NC(=O)[C@@H]1Cc1ccc(O[C@H]2O[C@H](CO)[C@@H](O[C@H]3O[C@H](CO)[C@@H](O)[C@H](O)[C@@H]3O)[C@H](O)[C@@H]2O)c(-c2cccs2)c1. The Labute approximate surface area is 492 Å². The second-order valence-corrected chi connectivity index (χ2v) is 22.2. The van der Waals surface area contributed by atoms with Crippen LogP contribution >= 0.6 is 11.3 Å². The van der Waals surface area contributed by atoms with Crippen LogP contribution in [0.4, 0.5) is 0 Å². The normalized spacial score (nSPS) is 37.6. The molecule has 36 heteroatoms. The summed E-state index contributed by atoms with van der Waals surface area (Å²) < 4.78 is 28.8. The Bertz CT molecular complexity index is 2770. The van der Waals surface area contributed by atoms with Gasteiger partial charge in [-0.3, -0.25) is 38.9 Å². The zero-order valence-corrected chi connectivity index (χ0v) is 46.6. The van der Waals surface area contributed by atoms with E-state index in [9.17, 15) is 85.9 Å². The number of imide groups is 1. The summed E-state index contributed by atoms with van der Waals surface area (Å²) in [5, 5.41) is 162. The highest BCUT2D eigenvalue weighted by molar-refractivity contribution is 7.13. The molecule has 2 aromatic rings. The number of nitrogens with two attached hydrogens (primary N) is 3. The number of aliphatic hydroxyl groups excluding tert-OH is 14. The first-order chi connectivity index (χ1) is 40.9. The lowest BCUT2D eigenvalue weighted by atomic mass is 9.94. The van der Waals surface area contributed by atoms with Crippen LogP contribution in [0.2, 0.25) is 0 Å². The predicted octanol–water partition coefficient (Wildman–Crippen LogP) is -12.3. The number of benzene rings is 1. The summed E-state index contributed by atoms with van der Waals surface area (Å²) >= 11 is 1.16. The van der Waals surface area contributed by atoms with Gasteiger partial charge in [-0.2, -0.15) is 0 Å². The van der Waals surface area contributed by atoms with Crippen LogP contribution in [0.1, 0.15) is 18.9 Å². The minimum atomic E-state index is -2.29. The van der Waals surface area contributed by atoms with Crippen LogP contribution in [0, 0.1) is 0 Å². The van der Waals surface area contributed by atoms with Gasteiger partial charge < -0.3 is 139 Å². The van der Waals surface area contributed by atoms with Crippen LogP contribution in [-0.4, -0.2) is 309 Å². The smallest absolute Gasteiger partial charge is 0.254 e. The third-order valence-electron chi connectivity index (χ3n) is 15.8. The van der Waals surface area contributed by atoms with Gasteiger partial charge in [0.2, 0.25) is 29.9 Å². The summed E-state index contributed by atoms with van der Waals surface area (Å²) in [5.41, 5.74) is 18.6. The zero-order valence-electron chi connectivity index (χ0n) is 45.7. The predicted molar refractivity (Wildman–Crippen MR) is 289 cm³/mol. The van der Waals surface area contributed by atoms with E-state index in [2.05, 4.69) is 31.3 Å². The van der Waals surface area contributed by atoms with Crippen LogP contribution in [0.25, 0.3) is 10.4 Å². The summed E-state index contributed by atoms with van der Waals surface area (Å²) in [6, 6.07) is -5.77. The summed E-state index contributed by atoms with van der Waals surface area (Å²) in [4.78, 5) is 84.3. The number of hydrogen-bond acceptors (Lipinski definition) is 32. The van der Waals surface area contributed by atoms with Crippen molar-refractivity contribution in [1.29, 1.82) is 0 Å². The maximum absolute atomic E-state index is 15.2. The highest BCUT2D eigenvalue weighted by Crippen LogP contribution is 2.38. The summed E-state index contributed by atoms with van der Waals surface area (Å²) in [7, 11) is 0. The Hall–Kier alpha value is -5.95. The largest absolute Gasteiger partial charge is 0.461 e. The van der Waals surface area contributed by atoms with Gasteiger partial charge in [-0.25, -0.2) is 0 Å². The molecule has 35 nitrogen and oxygen atoms in total. The molecule has 0 saturated carbocycles. The van der Waals surface area contributed by atoms with E-state index < -0.39 is 221 Å².